The van der Waals surface area contributed by atoms with Crippen LogP contribution in [0.15, 0.2) is 60.7 Å². The van der Waals surface area contributed by atoms with E-state index in [0.717, 1.165) is 49.7 Å². The Bertz CT molecular complexity index is 1140. The maximum atomic E-state index is 12.1. The number of carbonyl (C=O) groups is 2. The monoisotopic (exact) mass is 737 g/mol. The van der Waals surface area contributed by atoms with Crippen LogP contribution >= 0.6 is 15.6 Å². The fourth-order valence-electron chi connectivity index (χ4n) is 4.82. The number of carbonyl (C=O) groups excluding carboxylic acids is 2. The minimum atomic E-state index is -4.57. The molecule has 2 amide bonds. The molecule has 0 spiro atoms. The van der Waals surface area contributed by atoms with Gasteiger partial charge >= 0.3 is 45.2 Å². The van der Waals surface area contributed by atoms with Crippen molar-refractivity contribution in [1.82, 2.24) is 10.6 Å². The van der Waals surface area contributed by atoms with Crippen molar-refractivity contribution < 1.29 is 76.9 Å². The average Bonchev–Trinajstić information content (AvgIpc) is 3.05. The zero-order valence-corrected chi connectivity index (χ0v) is 33.2. The van der Waals surface area contributed by atoms with Crippen molar-refractivity contribution in [2.45, 2.75) is 116 Å². The molecule has 0 aliphatic heterocycles. The van der Waals surface area contributed by atoms with Crippen LogP contribution < -0.4 is 40.2 Å². The average molecular weight is 738 g/mol. The summed E-state index contributed by atoms with van der Waals surface area (Å²) in [6, 6.07) is 16.9. The minimum Gasteiger partial charge on any atom is -0.347 e. The van der Waals surface area contributed by atoms with Gasteiger partial charge in [-0.1, -0.05) is 139 Å². The number of hydrogen-bond acceptors (Lipinski definition) is 6. The van der Waals surface area contributed by atoms with Gasteiger partial charge in [0.1, 0.15) is 0 Å². The van der Waals surface area contributed by atoms with E-state index in [9.17, 15) is 18.7 Å². The van der Waals surface area contributed by atoms with Crippen molar-refractivity contribution in [2.24, 2.45) is 0 Å². The molecule has 2 aromatic carbocycles. The third kappa shape index (κ3) is 27.0. The molecule has 6 N–H and O–H groups in total. The fourth-order valence-corrected chi connectivity index (χ4v) is 5.51. The van der Waals surface area contributed by atoms with Crippen LogP contribution in [0.25, 0.3) is 0 Å². The van der Waals surface area contributed by atoms with Crippen LogP contribution in [0.1, 0.15) is 127 Å². The topological polar surface area (TPSA) is 192 Å². The van der Waals surface area contributed by atoms with E-state index >= 15 is 0 Å². The molecule has 49 heavy (non-hydrogen) atoms. The summed E-state index contributed by atoms with van der Waals surface area (Å²) in [6.45, 7) is 3.79. The second kappa shape index (κ2) is 28.2. The van der Waals surface area contributed by atoms with Crippen LogP contribution in [0.4, 0.5) is 0 Å². The maximum absolute atomic E-state index is 12.1. The van der Waals surface area contributed by atoms with E-state index in [-0.39, 0.29) is 54.6 Å². The first kappa shape index (κ1) is 47.6. The first-order valence-corrected chi connectivity index (χ1v) is 20.0. The molecule has 0 aliphatic carbocycles. The van der Waals surface area contributed by atoms with Crippen LogP contribution in [-0.4, -0.2) is 44.6 Å². The van der Waals surface area contributed by atoms with E-state index in [2.05, 4.69) is 33.5 Å². The third-order valence-electron chi connectivity index (χ3n) is 7.41. The van der Waals surface area contributed by atoms with Crippen molar-refractivity contribution in [2.75, 3.05) is 13.2 Å². The zero-order valence-electron chi connectivity index (χ0n) is 29.4. The molecule has 15 heteroatoms. The molecule has 0 aliphatic rings. The Hall–Kier alpha value is -1.40. The van der Waals surface area contributed by atoms with E-state index in [1.165, 1.54) is 38.5 Å². The number of benzene rings is 2. The van der Waals surface area contributed by atoms with E-state index in [1.54, 1.807) is 48.5 Å². The van der Waals surface area contributed by atoms with Gasteiger partial charge in [0.2, 0.25) is 11.8 Å². The quantitative estimate of drug-likeness (QED) is 0.0511. The Morgan fingerprint density at radius 3 is 1.18 bits per heavy atom. The summed E-state index contributed by atoms with van der Waals surface area (Å²) in [5.41, 5.74) is 1.50. The van der Waals surface area contributed by atoms with E-state index < -0.39 is 27.7 Å². The van der Waals surface area contributed by atoms with Gasteiger partial charge in [-0.25, -0.2) is 9.13 Å². The van der Waals surface area contributed by atoms with Gasteiger partial charge in [0.05, 0.1) is 25.3 Å². The molecule has 2 rings (SSSR count). The van der Waals surface area contributed by atoms with Gasteiger partial charge in [-0.3, -0.25) is 18.6 Å². The predicted octanol–water partition coefficient (Wildman–Crippen LogP) is 4.41. The number of amides is 2. The Balaban J connectivity index is 0.000000922. The summed E-state index contributed by atoms with van der Waals surface area (Å²) in [5.74, 6) is -0.262. The molecule has 0 unspecified atom stereocenters. The molecule has 2 aromatic rings. The van der Waals surface area contributed by atoms with Gasteiger partial charge in [0.25, 0.3) is 0 Å². The molecule has 0 fully saturated rings. The largest absolute Gasteiger partial charge is 1.00 e. The first-order valence-electron chi connectivity index (χ1n) is 16.9. The standard InChI is InChI=1S/2C17H28NO5P.Na/c2*1-2-3-4-5-6-10-13-17(19)18-16(14-23-24(20,21)22)15-11-8-7-9-12-15;/h2*7-9,11-12,16H,2-6,10,13-14H2,1H3,(H,18,19)(H2,20,21,22);/q;;+1/t2*16-;/m11./s1. The van der Waals surface area contributed by atoms with Gasteiger partial charge in [-0.2, -0.15) is 0 Å². The molecule has 0 heterocycles. The molecule has 272 valence electrons. The van der Waals surface area contributed by atoms with E-state index in [4.69, 9.17) is 19.6 Å². The van der Waals surface area contributed by atoms with Gasteiger partial charge in [-0.05, 0) is 24.0 Å². The molecule has 0 radical (unpaired) electrons. The van der Waals surface area contributed by atoms with Crippen LogP contribution in [0, 0.1) is 0 Å². The van der Waals surface area contributed by atoms with Crippen molar-refractivity contribution in [3.63, 3.8) is 0 Å². The summed E-state index contributed by atoms with van der Waals surface area (Å²) in [4.78, 5) is 59.6. The van der Waals surface area contributed by atoms with Gasteiger partial charge in [0, 0.05) is 12.8 Å². The van der Waals surface area contributed by atoms with E-state index in [1.807, 2.05) is 12.1 Å². The molecular weight excluding hydrogens is 681 g/mol. The van der Waals surface area contributed by atoms with Crippen LogP contribution in [0.3, 0.4) is 0 Å². The van der Waals surface area contributed by atoms with Gasteiger partial charge < -0.3 is 30.2 Å². The Morgan fingerprint density at radius 1 is 0.571 bits per heavy atom. The molecule has 0 bridgehead atoms. The smallest absolute Gasteiger partial charge is 0.347 e. The normalized spacial score (nSPS) is 12.5. The molecular formula is C34H56N2NaO10P2+. The van der Waals surface area contributed by atoms with Crippen LogP contribution in [0.2, 0.25) is 0 Å². The van der Waals surface area contributed by atoms with Gasteiger partial charge in [-0.15, -0.1) is 0 Å². The number of rotatable bonds is 24. The van der Waals surface area contributed by atoms with E-state index in [0.29, 0.717) is 12.8 Å². The van der Waals surface area contributed by atoms with Crippen molar-refractivity contribution >= 4 is 27.5 Å². The summed E-state index contributed by atoms with van der Waals surface area (Å²) in [7, 11) is -9.14. The number of hydrogen-bond donors (Lipinski definition) is 6. The summed E-state index contributed by atoms with van der Waals surface area (Å²) in [5, 5.41) is 5.60. The summed E-state index contributed by atoms with van der Waals surface area (Å²) in [6.07, 6.45) is 14.0. The predicted molar refractivity (Wildman–Crippen MR) is 187 cm³/mol. The number of phosphoric ester groups is 2. The Morgan fingerprint density at radius 2 is 0.878 bits per heavy atom. The SMILES string of the molecule is CCCCCCCCC(=O)N[C@H](COP(=O)(O)O)c1ccccc1.CCCCCCCCC(=O)N[C@H](COP(=O)(O)O)c1ccccc1.[Na+]. The fraction of sp³-hybridized carbons (Fsp3) is 0.588. The first-order chi connectivity index (χ1) is 22.8. The minimum absolute atomic E-state index is 0. The zero-order chi connectivity index (χ0) is 35.7. The van der Waals surface area contributed by atoms with Gasteiger partial charge in [0.15, 0.2) is 0 Å². The maximum Gasteiger partial charge on any atom is 1.00 e. The van der Waals surface area contributed by atoms with Crippen LogP contribution in [-0.2, 0) is 27.8 Å². The molecule has 12 nitrogen and oxygen atoms in total. The summed E-state index contributed by atoms with van der Waals surface area (Å²) < 4.78 is 31.0. The number of phosphoric acid groups is 2. The van der Waals surface area contributed by atoms with Crippen LogP contribution in [0.5, 0.6) is 0 Å². The van der Waals surface area contributed by atoms with Crippen molar-refractivity contribution in [3.8, 4) is 0 Å². The Labute approximate surface area is 314 Å². The van der Waals surface area contributed by atoms with Crippen molar-refractivity contribution in [1.29, 1.82) is 0 Å². The molecule has 0 saturated heterocycles. The molecule has 0 saturated carbocycles. The Kier molecular flexibility index (Phi) is 27.4. The second-order valence-electron chi connectivity index (χ2n) is 11.7. The number of unbranched alkanes of at least 4 members (excludes halogenated alkanes) is 10. The third-order valence-corrected chi connectivity index (χ3v) is 8.38. The summed E-state index contributed by atoms with van der Waals surface area (Å²) >= 11 is 0. The van der Waals surface area contributed by atoms with Crippen molar-refractivity contribution in [3.05, 3.63) is 71.8 Å². The molecule has 0 aromatic heterocycles. The second-order valence-corrected chi connectivity index (χ2v) is 14.1. The molecule has 2 atom stereocenters. The number of nitrogens with one attached hydrogen (secondary N) is 2.